The van der Waals surface area contributed by atoms with Crippen molar-refractivity contribution in [1.29, 1.82) is 0 Å². The number of benzene rings is 2. The van der Waals surface area contributed by atoms with Crippen LogP contribution in [0, 0.1) is 13.8 Å². The van der Waals surface area contributed by atoms with E-state index >= 15 is 0 Å². The Morgan fingerprint density at radius 3 is 2.09 bits per heavy atom. The van der Waals surface area contributed by atoms with E-state index in [1.807, 2.05) is 13.0 Å². The van der Waals surface area contributed by atoms with Gasteiger partial charge >= 0.3 is 5.97 Å². The summed E-state index contributed by atoms with van der Waals surface area (Å²) in [6.45, 7) is 9.15. The molecule has 6 heteroatoms. The topological polar surface area (TPSA) is 68.7 Å². The molecule has 0 spiro atoms. The average Bonchev–Trinajstić information content (AvgIpc) is 2.81. The van der Waals surface area contributed by atoms with Crippen molar-refractivity contribution in [3.05, 3.63) is 94.8 Å². The maximum atomic E-state index is 11.7. The first-order chi connectivity index (χ1) is 16.0. The first kappa shape index (κ1) is 23.0. The van der Waals surface area contributed by atoms with Crippen molar-refractivity contribution in [3.8, 4) is 0 Å². The van der Waals surface area contributed by atoms with E-state index in [0.29, 0.717) is 17.9 Å². The number of aromatic nitrogens is 1. The molecule has 0 amide bonds. The lowest BCUT2D eigenvalue weighted by atomic mass is 9.96. The number of nitrogens with one attached hydrogen (secondary N) is 1. The van der Waals surface area contributed by atoms with Crippen molar-refractivity contribution in [2.45, 2.75) is 19.9 Å². The van der Waals surface area contributed by atoms with Gasteiger partial charge in [0.2, 0.25) is 0 Å². The van der Waals surface area contributed by atoms with Gasteiger partial charge in [-0.15, -0.1) is 0 Å². The SMILES string of the molecule is Cc1cc(NCCN2CCN(C(c3ccccc3)c3ccccc3)CC2)c(C(=O)O)c(C)n1. The van der Waals surface area contributed by atoms with Gasteiger partial charge in [0.05, 0.1) is 17.4 Å². The molecule has 1 aliphatic rings. The number of carboxylic acid groups (broad SMARTS) is 1. The number of pyridine rings is 1. The summed E-state index contributed by atoms with van der Waals surface area (Å²) in [5.74, 6) is -0.941. The third-order valence-corrected chi connectivity index (χ3v) is 6.29. The zero-order valence-electron chi connectivity index (χ0n) is 19.4. The van der Waals surface area contributed by atoms with E-state index in [2.05, 4.69) is 80.8 Å². The first-order valence-corrected chi connectivity index (χ1v) is 11.5. The summed E-state index contributed by atoms with van der Waals surface area (Å²) in [6, 6.07) is 23.5. The number of anilines is 1. The molecule has 1 saturated heterocycles. The Labute approximate surface area is 195 Å². The van der Waals surface area contributed by atoms with Crippen LogP contribution in [-0.4, -0.2) is 65.1 Å². The molecule has 6 nitrogen and oxygen atoms in total. The predicted molar refractivity (Wildman–Crippen MR) is 132 cm³/mol. The summed E-state index contributed by atoms with van der Waals surface area (Å²) in [6.07, 6.45) is 0. The molecule has 0 unspecified atom stereocenters. The summed E-state index contributed by atoms with van der Waals surface area (Å²) in [5.41, 5.74) is 4.93. The van der Waals surface area contributed by atoms with Crippen molar-refractivity contribution < 1.29 is 9.90 Å². The molecule has 2 N–H and O–H groups in total. The number of rotatable bonds is 8. The molecule has 0 saturated carbocycles. The molecule has 2 heterocycles. The van der Waals surface area contributed by atoms with Crippen LogP contribution in [0.3, 0.4) is 0 Å². The zero-order valence-corrected chi connectivity index (χ0v) is 19.4. The van der Waals surface area contributed by atoms with Crippen LogP contribution in [0.4, 0.5) is 5.69 Å². The monoisotopic (exact) mass is 444 g/mol. The second kappa shape index (κ2) is 10.6. The van der Waals surface area contributed by atoms with Crippen molar-refractivity contribution in [3.63, 3.8) is 0 Å². The normalized spacial score (nSPS) is 15.0. The molecule has 0 aliphatic carbocycles. The molecule has 172 valence electrons. The van der Waals surface area contributed by atoms with Crippen LogP contribution in [0.2, 0.25) is 0 Å². The number of hydrogen-bond acceptors (Lipinski definition) is 5. The smallest absolute Gasteiger partial charge is 0.339 e. The van der Waals surface area contributed by atoms with Gasteiger partial charge in [-0.1, -0.05) is 60.7 Å². The molecule has 3 aromatic rings. The number of piperazine rings is 1. The van der Waals surface area contributed by atoms with Crippen LogP contribution in [0.1, 0.15) is 38.9 Å². The van der Waals surface area contributed by atoms with Gasteiger partial charge in [-0.3, -0.25) is 14.8 Å². The quantitative estimate of drug-likeness (QED) is 0.542. The molecule has 1 aromatic heterocycles. The van der Waals surface area contributed by atoms with Gasteiger partial charge in [-0.05, 0) is 31.0 Å². The van der Waals surface area contributed by atoms with Crippen LogP contribution in [-0.2, 0) is 0 Å². The lowest BCUT2D eigenvalue weighted by Gasteiger charge is -2.40. The minimum absolute atomic E-state index is 0.258. The summed E-state index contributed by atoms with van der Waals surface area (Å²) >= 11 is 0. The van der Waals surface area contributed by atoms with E-state index in [9.17, 15) is 9.90 Å². The number of carbonyl (C=O) groups is 1. The Bertz CT molecular complexity index is 1020. The van der Waals surface area contributed by atoms with Gasteiger partial charge in [0.25, 0.3) is 0 Å². The standard InChI is InChI=1S/C27H32N4O2/c1-20-19-24(25(27(32)33)21(2)29-20)28-13-14-30-15-17-31(18-16-30)26(22-9-5-3-6-10-22)23-11-7-4-8-12-23/h3-12,19,26H,13-18H2,1-2H3,(H,28,29)(H,32,33). The molecule has 0 bridgehead atoms. The van der Waals surface area contributed by atoms with Crippen LogP contribution in [0.25, 0.3) is 0 Å². The molecule has 33 heavy (non-hydrogen) atoms. The van der Waals surface area contributed by atoms with E-state index in [1.54, 1.807) is 6.92 Å². The third-order valence-electron chi connectivity index (χ3n) is 6.29. The number of carboxylic acids is 1. The van der Waals surface area contributed by atoms with Crippen molar-refractivity contribution >= 4 is 11.7 Å². The fraction of sp³-hybridized carbons (Fsp3) is 0.333. The minimum Gasteiger partial charge on any atom is -0.478 e. The van der Waals surface area contributed by atoms with E-state index in [0.717, 1.165) is 38.4 Å². The maximum absolute atomic E-state index is 11.7. The van der Waals surface area contributed by atoms with Crippen molar-refractivity contribution in [2.75, 3.05) is 44.6 Å². The second-order valence-electron chi connectivity index (χ2n) is 8.61. The van der Waals surface area contributed by atoms with Gasteiger partial charge in [0.1, 0.15) is 5.56 Å². The number of nitrogens with zero attached hydrogens (tertiary/aromatic N) is 3. The molecule has 1 aliphatic heterocycles. The highest BCUT2D eigenvalue weighted by molar-refractivity contribution is 5.95. The molecule has 4 rings (SSSR count). The summed E-state index contributed by atoms with van der Waals surface area (Å²) in [7, 11) is 0. The van der Waals surface area contributed by atoms with Crippen LogP contribution < -0.4 is 5.32 Å². The molecule has 2 aromatic carbocycles. The lowest BCUT2D eigenvalue weighted by molar-refractivity contribution is 0.0696. The Morgan fingerprint density at radius 2 is 1.55 bits per heavy atom. The highest BCUT2D eigenvalue weighted by Gasteiger charge is 2.26. The Hall–Kier alpha value is -3.22. The molecule has 1 fully saturated rings. The first-order valence-electron chi connectivity index (χ1n) is 11.5. The largest absolute Gasteiger partial charge is 0.478 e. The molecule has 0 radical (unpaired) electrons. The van der Waals surface area contributed by atoms with Crippen molar-refractivity contribution in [2.24, 2.45) is 0 Å². The molecule has 0 atom stereocenters. The highest BCUT2D eigenvalue weighted by Crippen LogP contribution is 2.29. The van der Waals surface area contributed by atoms with Gasteiger partial charge in [-0.25, -0.2) is 4.79 Å². The Kier molecular flexibility index (Phi) is 7.37. The second-order valence-corrected chi connectivity index (χ2v) is 8.61. The van der Waals surface area contributed by atoms with Gasteiger partial charge < -0.3 is 10.4 Å². The van der Waals surface area contributed by atoms with Gasteiger partial charge in [0.15, 0.2) is 0 Å². The van der Waals surface area contributed by atoms with Crippen LogP contribution >= 0.6 is 0 Å². The van der Waals surface area contributed by atoms with E-state index < -0.39 is 5.97 Å². The molecular weight excluding hydrogens is 412 g/mol. The third kappa shape index (κ3) is 5.59. The maximum Gasteiger partial charge on any atom is 0.339 e. The number of aromatic carboxylic acids is 1. The van der Waals surface area contributed by atoms with E-state index in [1.165, 1.54) is 11.1 Å². The average molecular weight is 445 g/mol. The number of hydrogen-bond donors (Lipinski definition) is 2. The fourth-order valence-electron chi connectivity index (χ4n) is 4.72. The Morgan fingerprint density at radius 1 is 0.970 bits per heavy atom. The van der Waals surface area contributed by atoms with E-state index in [-0.39, 0.29) is 11.6 Å². The minimum atomic E-state index is -0.941. The van der Waals surface area contributed by atoms with Crippen LogP contribution in [0.5, 0.6) is 0 Å². The number of aryl methyl sites for hydroxylation is 2. The summed E-state index contributed by atoms with van der Waals surface area (Å²) in [5, 5.41) is 12.9. The van der Waals surface area contributed by atoms with Gasteiger partial charge in [-0.2, -0.15) is 0 Å². The molecular formula is C27H32N4O2. The predicted octanol–water partition coefficient (Wildman–Crippen LogP) is 4.22. The summed E-state index contributed by atoms with van der Waals surface area (Å²) < 4.78 is 0. The Balaban J connectivity index is 1.37. The van der Waals surface area contributed by atoms with Gasteiger partial charge in [0, 0.05) is 45.0 Å². The summed E-state index contributed by atoms with van der Waals surface area (Å²) in [4.78, 5) is 21.0. The highest BCUT2D eigenvalue weighted by atomic mass is 16.4. The fourth-order valence-corrected chi connectivity index (χ4v) is 4.72. The van der Waals surface area contributed by atoms with E-state index in [4.69, 9.17) is 0 Å². The van der Waals surface area contributed by atoms with Crippen molar-refractivity contribution in [1.82, 2.24) is 14.8 Å². The van der Waals surface area contributed by atoms with Crippen LogP contribution in [0.15, 0.2) is 66.7 Å². The lowest BCUT2D eigenvalue weighted by Crippen LogP contribution is -2.48. The zero-order chi connectivity index (χ0) is 23.2.